The normalized spacial score (nSPS) is 13.3. The lowest BCUT2D eigenvalue weighted by Gasteiger charge is -2.07. The fourth-order valence-corrected chi connectivity index (χ4v) is 1.83. The summed E-state index contributed by atoms with van der Waals surface area (Å²) in [6.07, 6.45) is 0. The van der Waals surface area contributed by atoms with E-state index in [1.807, 2.05) is 5.48 Å². The molecule has 0 atom stereocenters. The molecule has 0 bridgehead atoms. The summed E-state index contributed by atoms with van der Waals surface area (Å²) in [5.41, 5.74) is 2.50. The van der Waals surface area contributed by atoms with E-state index in [1.165, 1.54) is 0 Å². The highest BCUT2D eigenvalue weighted by Crippen LogP contribution is 2.45. The second-order valence-corrected chi connectivity index (χ2v) is 3.56. The average molecular weight is 262 g/mol. The van der Waals surface area contributed by atoms with Gasteiger partial charge in [0.05, 0.1) is 0 Å². The average Bonchev–Trinajstić information content (AvgIpc) is 2.62. The number of benzene rings is 1. The van der Waals surface area contributed by atoms with Gasteiger partial charge < -0.3 is 19.8 Å². The zero-order chi connectivity index (χ0) is 10.1. The van der Waals surface area contributed by atoms with Crippen molar-refractivity contribution in [3.8, 4) is 17.2 Å². The standard InChI is InChI=1S/C8H8BrNO4/c9-6-7(11)4(2-10-12)1-5-8(6)14-3-13-5/h1,10-12H,2-3H2. The van der Waals surface area contributed by atoms with Crippen LogP contribution in [0.15, 0.2) is 10.5 Å². The van der Waals surface area contributed by atoms with Gasteiger partial charge in [0, 0.05) is 12.1 Å². The predicted molar refractivity (Wildman–Crippen MR) is 50.6 cm³/mol. The van der Waals surface area contributed by atoms with E-state index in [1.54, 1.807) is 6.07 Å². The van der Waals surface area contributed by atoms with Gasteiger partial charge in [-0.2, -0.15) is 0 Å². The molecule has 0 fully saturated rings. The van der Waals surface area contributed by atoms with Crippen molar-refractivity contribution < 1.29 is 19.8 Å². The van der Waals surface area contributed by atoms with E-state index >= 15 is 0 Å². The number of aromatic hydroxyl groups is 1. The monoisotopic (exact) mass is 261 g/mol. The van der Waals surface area contributed by atoms with Crippen molar-refractivity contribution in [3.05, 3.63) is 16.1 Å². The molecule has 1 heterocycles. The fourth-order valence-electron chi connectivity index (χ4n) is 1.26. The zero-order valence-corrected chi connectivity index (χ0v) is 8.67. The number of nitrogens with one attached hydrogen (secondary N) is 1. The van der Waals surface area contributed by atoms with Crippen LogP contribution in [-0.2, 0) is 6.54 Å². The lowest BCUT2D eigenvalue weighted by Crippen LogP contribution is -2.06. The van der Waals surface area contributed by atoms with Crippen molar-refractivity contribution in [1.82, 2.24) is 5.48 Å². The fraction of sp³-hybridized carbons (Fsp3) is 0.250. The molecule has 3 N–H and O–H groups in total. The van der Waals surface area contributed by atoms with Gasteiger partial charge in [-0.3, -0.25) is 0 Å². The zero-order valence-electron chi connectivity index (χ0n) is 7.08. The van der Waals surface area contributed by atoms with Crippen LogP contribution in [0.3, 0.4) is 0 Å². The van der Waals surface area contributed by atoms with Gasteiger partial charge in [-0.1, -0.05) is 0 Å². The molecule has 2 rings (SSSR count). The highest BCUT2D eigenvalue weighted by Gasteiger charge is 2.22. The molecule has 1 aromatic carbocycles. The Kier molecular flexibility index (Phi) is 2.49. The Morgan fingerprint density at radius 3 is 3.00 bits per heavy atom. The second-order valence-electron chi connectivity index (χ2n) is 2.77. The Morgan fingerprint density at radius 1 is 1.50 bits per heavy atom. The third kappa shape index (κ3) is 1.41. The first-order valence-corrected chi connectivity index (χ1v) is 4.70. The number of fused-ring (bicyclic) bond motifs is 1. The van der Waals surface area contributed by atoms with Crippen molar-refractivity contribution >= 4 is 15.9 Å². The molecule has 6 heteroatoms. The van der Waals surface area contributed by atoms with Crippen LogP contribution in [0.5, 0.6) is 17.2 Å². The van der Waals surface area contributed by atoms with Gasteiger partial charge in [-0.15, -0.1) is 0 Å². The molecule has 0 saturated heterocycles. The highest BCUT2D eigenvalue weighted by atomic mass is 79.9. The SMILES string of the molecule is ONCc1cc2c(c(Br)c1O)OCO2. The van der Waals surface area contributed by atoms with Gasteiger partial charge in [0.15, 0.2) is 11.5 Å². The molecule has 1 aliphatic heterocycles. The van der Waals surface area contributed by atoms with Crippen LogP contribution in [0.25, 0.3) is 0 Å². The molecule has 1 aromatic rings. The summed E-state index contributed by atoms with van der Waals surface area (Å²) in [5, 5.41) is 18.2. The van der Waals surface area contributed by atoms with Crippen LogP contribution in [0, 0.1) is 0 Å². The Balaban J connectivity index is 2.49. The van der Waals surface area contributed by atoms with Crippen LogP contribution >= 0.6 is 15.9 Å². The van der Waals surface area contributed by atoms with Crippen molar-refractivity contribution in [3.63, 3.8) is 0 Å². The first-order chi connectivity index (χ1) is 6.74. The van der Waals surface area contributed by atoms with Gasteiger partial charge in [0.1, 0.15) is 10.2 Å². The van der Waals surface area contributed by atoms with Gasteiger partial charge >= 0.3 is 0 Å². The molecule has 0 amide bonds. The maximum atomic E-state index is 9.66. The third-order valence-electron chi connectivity index (χ3n) is 1.93. The first-order valence-electron chi connectivity index (χ1n) is 3.91. The number of halogens is 1. The molecule has 0 aliphatic carbocycles. The molecule has 14 heavy (non-hydrogen) atoms. The lowest BCUT2D eigenvalue weighted by atomic mass is 10.2. The first kappa shape index (κ1) is 9.57. The minimum atomic E-state index is 0.0378. The number of rotatable bonds is 2. The number of hydrogen-bond acceptors (Lipinski definition) is 5. The van der Waals surface area contributed by atoms with Gasteiger partial charge in [-0.05, 0) is 22.0 Å². The summed E-state index contributed by atoms with van der Waals surface area (Å²) in [6.45, 7) is 0.282. The van der Waals surface area contributed by atoms with Crippen molar-refractivity contribution in [2.45, 2.75) is 6.54 Å². The maximum Gasteiger partial charge on any atom is 0.231 e. The van der Waals surface area contributed by atoms with E-state index < -0.39 is 0 Å². The Bertz CT molecular complexity index is 369. The number of ether oxygens (including phenoxy) is 2. The van der Waals surface area contributed by atoms with E-state index in [2.05, 4.69) is 15.9 Å². The van der Waals surface area contributed by atoms with Crippen LogP contribution in [-0.4, -0.2) is 17.1 Å². The van der Waals surface area contributed by atoms with E-state index in [0.29, 0.717) is 21.5 Å². The van der Waals surface area contributed by atoms with E-state index in [4.69, 9.17) is 14.7 Å². The largest absolute Gasteiger partial charge is 0.506 e. The van der Waals surface area contributed by atoms with Gasteiger partial charge in [0.25, 0.3) is 0 Å². The Morgan fingerprint density at radius 2 is 2.29 bits per heavy atom. The molecule has 0 spiro atoms. The highest BCUT2D eigenvalue weighted by molar-refractivity contribution is 9.10. The number of hydrogen-bond donors (Lipinski definition) is 3. The third-order valence-corrected chi connectivity index (χ3v) is 2.66. The molecular weight excluding hydrogens is 254 g/mol. The summed E-state index contributed by atoms with van der Waals surface area (Å²) < 4.78 is 10.7. The smallest absolute Gasteiger partial charge is 0.231 e. The Labute approximate surface area is 88.3 Å². The van der Waals surface area contributed by atoms with E-state index in [9.17, 15) is 5.11 Å². The summed E-state index contributed by atoms with van der Waals surface area (Å²) in [5.74, 6) is 1.08. The van der Waals surface area contributed by atoms with Crippen LogP contribution in [0.4, 0.5) is 0 Å². The van der Waals surface area contributed by atoms with Crippen LogP contribution in [0.1, 0.15) is 5.56 Å². The molecule has 0 radical (unpaired) electrons. The number of phenols is 1. The minimum absolute atomic E-state index is 0.0378. The quantitative estimate of drug-likeness (QED) is 0.702. The van der Waals surface area contributed by atoms with Gasteiger partial charge in [-0.25, -0.2) is 5.48 Å². The lowest BCUT2D eigenvalue weighted by molar-refractivity contribution is 0.160. The second kappa shape index (κ2) is 3.64. The molecule has 5 nitrogen and oxygen atoms in total. The molecule has 0 aromatic heterocycles. The molecular formula is C8H8BrNO4. The summed E-state index contributed by atoms with van der Waals surface area (Å²) >= 11 is 3.19. The topological polar surface area (TPSA) is 71.0 Å². The summed E-state index contributed by atoms with van der Waals surface area (Å²) in [7, 11) is 0. The maximum absolute atomic E-state index is 9.66. The van der Waals surface area contributed by atoms with Crippen LogP contribution in [0.2, 0.25) is 0 Å². The van der Waals surface area contributed by atoms with Crippen molar-refractivity contribution in [1.29, 1.82) is 0 Å². The van der Waals surface area contributed by atoms with Crippen molar-refractivity contribution in [2.75, 3.05) is 6.79 Å². The Hall–Kier alpha value is -0.980. The van der Waals surface area contributed by atoms with Crippen LogP contribution < -0.4 is 15.0 Å². The van der Waals surface area contributed by atoms with E-state index in [-0.39, 0.29) is 19.1 Å². The summed E-state index contributed by atoms with van der Waals surface area (Å²) in [4.78, 5) is 0. The molecule has 1 aliphatic rings. The van der Waals surface area contributed by atoms with E-state index in [0.717, 1.165) is 0 Å². The molecule has 0 saturated carbocycles. The predicted octanol–water partition coefficient (Wildman–Crippen LogP) is 1.36. The molecule has 0 unspecified atom stereocenters. The molecule has 76 valence electrons. The summed E-state index contributed by atoms with van der Waals surface area (Å²) in [6, 6.07) is 1.62. The minimum Gasteiger partial charge on any atom is -0.506 e. The number of phenolic OH excluding ortho intramolecular Hbond substituents is 1. The van der Waals surface area contributed by atoms with Gasteiger partial charge in [0.2, 0.25) is 6.79 Å². The number of hydroxylamine groups is 1. The van der Waals surface area contributed by atoms with Crippen molar-refractivity contribution in [2.24, 2.45) is 0 Å².